The Morgan fingerprint density at radius 1 is 1.20 bits per heavy atom. The van der Waals surface area contributed by atoms with E-state index in [2.05, 4.69) is 24.2 Å². The van der Waals surface area contributed by atoms with E-state index in [-0.39, 0.29) is 5.56 Å². The van der Waals surface area contributed by atoms with Crippen molar-refractivity contribution in [2.75, 3.05) is 0 Å². The number of nitrogens with zero attached hydrogens (tertiary/aromatic N) is 1. The number of hydrogen-bond donors (Lipinski definition) is 1. The van der Waals surface area contributed by atoms with Gasteiger partial charge in [-0.1, -0.05) is 38.1 Å². The van der Waals surface area contributed by atoms with Crippen molar-refractivity contribution in [1.29, 1.82) is 0 Å². The molecule has 0 amide bonds. The van der Waals surface area contributed by atoms with Gasteiger partial charge in [0.2, 0.25) is 0 Å². The van der Waals surface area contributed by atoms with Gasteiger partial charge >= 0.3 is 5.97 Å². The fourth-order valence-electron chi connectivity index (χ4n) is 2.39. The van der Waals surface area contributed by atoms with Gasteiger partial charge in [0.1, 0.15) is 12.4 Å². The lowest BCUT2D eigenvalue weighted by Crippen LogP contribution is -2.00. The number of carbonyl (C=O) groups is 1. The van der Waals surface area contributed by atoms with Gasteiger partial charge in [0.15, 0.2) is 0 Å². The van der Waals surface area contributed by atoms with Crippen LogP contribution in [0.15, 0.2) is 53.9 Å². The average Bonchev–Trinajstić information content (AvgIpc) is 3.11. The van der Waals surface area contributed by atoms with E-state index >= 15 is 0 Å². The Hall–Kier alpha value is -2.66. The van der Waals surface area contributed by atoms with Crippen LogP contribution in [-0.4, -0.2) is 16.1 Å². The third-order valence-corrected chi connectivity index (χ3v) is 4.87. The van der Waals surface area contributed by atoms with Crippen LogP contribution in [-0.2, 0) is 6.61 Å². The minimum Gasteiger partial charge on any atom is -0.489 e. The summed E-state index contributed by atoms with van der Waals surface area (Å²) in [7, 11) is 0. The lowest BCUT2D eigenvalue weighted by atomic mass is 10.1. The first-order valence-electron chi connectivity index (χ1n) is 8.04. The van der Waals surface area contributed by atoms with Crippen molar-refractivity contribution >= 4 is 17.3 Å². The van der Waals surface area contributed by atoms with E-state index in [9.17, 15) is 4.79 Å². The van der Waals surface area contributed by atoms with Gasteiger partial charge in [-0.25, -0.2) is 9.78 Å². The summed E-state index contributed by atoms with van der Waals surface area (Å²) in [5, 5.41) is 12.2. The van der Waals surface area contributed by atoms with Crippen LogP contribution in [0.1, 0.15) is 40.7 Å². The molecule has 0 atom stereocenters. The fraction of sp³-hybridized carbons (Fsp3) is 0.200. The van der Waals surface area contributed by atoms with Crippen LogP contribution in [0.25, 0.3) is 11.3 Å². The zero-order chi connectivity index (χ0) is 17.8. The van der Waals surface area contributed by atoms with E-state index in [0.29, 0.717) is 12.5 Å². The third-order valence-electron chi connectivity index (χ3n) is 3.73. The third kappa shape index (κ3) is 4.25. The maximum atomic E-state index is 11.0. The molecule has 1 aromatic heterocycles. The van der Waals surface area contributed by atoms with Gasteiger partial charge in [0.05, 0.1) is 16.3 Å². The summed E-state index contributed by atoms with van der Waals surface area (Å²) in [6.45, 7) is 4.58. The number of rotatable bonds is 6. The Bertz CT molecular complexity index is 886. The quantitative estimate of drug-likeness (QED) is 0.661. The van der Waals surface area contributed by atoms with Crippen molar-refractivity contribution in [3.63, 3.8) is 0 Å². The smallest absolute Gasteiger partial charge is 0.335 e. The van der Waals surface area contributed by atoms with Crippen LogP contribution < -0.4 is 4.74 Å². The molecule has 0 saturated heterocycles. The van der Waals surface area contributed by atoms with E-state index < -0.39 is 5.97 Å². The number of benzene rings is 2. The Morgan fingerprint density at radius 3 is 2.72 bits per heavy atom. The lowest BCUT2D eigenvalue weighted by molar-refractivity contribution is 0.0696. The lowest BCUT2D eigenvalue weighted by Gasteiger charge is -2.08. The second-order valence-corrected chi connectivity index (χ2v) is 6.94. The Balaban J connectivity index is 1.73. The molecule has 0 radical (unpaired) electrons. The Labute approximate surface area is 150 Å². The SMILES string of the molecule is CC(C)c1nc(-c2cccc(OCc3cccc(C(=O)O)c3)c2)cs1. The van der Waals surface area contributed by atoms with Gasteiger partial charge in [-0.3, -0.25) is 0 Å². The predicted molar refractivity (Wildman–Crippen MR) is 99.4 cm³/mol. The van der Waals surface area contributed by atoms with Crippen molar-refractivity contribution in [3.8, 4) is 17.0 Å². The van der Waals surface area contributed by atoms with Crippen molar-refractivity contribution in [3.05, 3.63) is 70.0 Å². The van der Waals surface area contributed by atoms with Crippen LogP contribution in [0.4, 0.5) is 0 Å². The molecule has 0 bridgehead atoms. The number of carboxylic acid groups (broad SMARTS) is 1. The van der Waals surface area contributed by atoms with Gasteiger partial charge in [0.25, 0.3) is 0 Å². The summed E-state index contributed by atoms with van der Waals surface area (Å²) < 4.78 is 5.83. The molecule has 0 aliphatic heterocycles. The van der Waals surface area contributed by atoms with Crippen LogP contribution in [0.2, 0.25) is 0 Å². The molecule has 0 unspecified atom stereocenters. The predicted octanol–water partition coefficient (Wildman–Crippen LogP) is 5.21. The summed E-state index contributed by atoms with van der Waals surface area (Å²) >= 11 is 1.67. The molecule has 3 aromatic rings. The maximum Gasteiger partial charge on any atom is 0.335 e. The number of carboxylic acids is 1. The largest absolute Gasteiger partial charge is 0.489 e. The Morgan fingerprint density at radius 2 is 2.00 bits per heavy atom. The van der Waals surface area contributed by atoms with E-state index in [1.165, 1.54) is 0 Å². The highest BCUT2D eigenvalue weighted by molar-refractivity contribution is 7.10. The molecule has 0 fully saturated rings. The van der Waals surface area contributed by atoms with Crippen LogP contribution in [0.3, 0.4) is 0 Å². The summed E-state index contributed by atoms with van der Waals surface area (Å²) in [6, 6.07) is 14.6. The van der Waals surface area contributed by atoms with Gasteiger partial charge in [0, 0.05) is 16.9 Å². The molecule has 25 heavy (non-hydrogen) atoms. The molecule has 2 aromatic carbocycles. The Kier molecular flexibility index (Phi) is 5.14. The molecule has 0 spiro atoms. The topological polar surface area (TPSA) is 59.4 Å². The summed E-state index contributed by atoms with van der Waals surface area (Å²) in [5.41, 5.74) is 3.05. The van der Waals surface area contributed by atoms with Gasteiger partial charge in [-0.2, -0.15) is 0 Å². The van der Waals surface area contributed by atoms with Crippen LogP contribution in [0.5, 0.6) is 5.75 Å². The maximum absolute atomic E-state index is 11.0. The highest BCUT2D eigenvalue weighted by Crippen LogP contribution is 2.28. The first-order chi connectivity index (χ1) is 12.0. The fourth-order valence-corrected chi connectivity index (χ4v) is 3.24. The summed E-state index contributed by atoms with van der Waals surface area (Å²) in [4.78, 5) is 15.7. The monoisotopic (exact) mass is 353 g/mol. The first kappa shape index (κ1) is 17.2. The van der Waals surface area contributed by atoms with Gasteiger partial charge in [-0.15, -0.1) is 11.3 Å². The molecule has 128 valence electrons. The zero-order valence-electron chi connectivity index (χ0n) is 14.1. The second-order valence-electron chi connectivity index (χ2n) is 6.05. The van der Waals surface area contributed by atoms with Crippen LogP contribution in [0, 0.1) is 0 Å². The molecular formula is C20H19NO3S. The van der Waals surface area contributed by atoms with E-state index in [1.54, 1.807) is 29.5 Å². The summed E-state index contributed by atoms with van der Waals surface area (Å²) in [5.74, 6) is 0.213. The molecule has 1 heterocycles. The molecule has 3 rings (SSSR count). The van der Waals surface area contributed by atoms with Crippen molar-refractivity contribution in [2.24, 2.45) is 0 Å². The minimum absolute atomic E-state index is 0.263. The van der Waals surface area contributed by atoms with Gasteiger partial charge < -0.3 is 9.84 Å². The number of thiazole rings is 1. The van der Waals surface area contributed by atoms with E-state index in [1.807, 2.05) is 30.3 Å². The number of aromatic carboxylic acids is 1. The van der Waals surface area contributed by atoms with Crippen molar-refractivity contribution in [1.82, 2.24) is 4.98 Å². The first-order valence-corrected chi connectivity index (χ1v) is 8.92. The highest BCUT2D eigenvalue weighted by atomic mass is 32.1. The highest BCUT2D eigenvalue weighted by Gasteiger charge is 2.09. The van der Waals surface area contributed by atoms with Crippen molar-refractivity contribution < 1.29 is 14.6 Å². The molecule has 0 saturated carbocycles. The van der Waals surface area contributed by atoms with Crippen molar-refractivity contribution in [2.45, 2.75) is 26.4 Å². The molecule has 4 nitrogen and oxygen atoms in total. The minimum atomic E-state index is -0.937. The molecule has 1 N–H and O–H groups in total. The zero-order valence-corrected chi connectivity index (χ0v) is 14.9. The molecule has 5 heteroatoms. The average molecular weight is 353 g/mol. The van der Waals surface area contributed by atoms with E-state index in [0.717, 1.165) is 27.6 Å². The molecule has 0 aliphatic carbocycles. The van der Waals surface area contributed by atoms with Crippen LogP contribution >= 0.6 is 11.3 Å². The number of hydrogen-bond acceptors (Lipinski definition) is 4. The second kappa shape index (κ2) is 7.49. The molecule has 0 aliphatic rings. The number of ether oxygens (including phenoxy) is 1. The number of aromatic nitrogens is 1. The molecular weight excluding hydrogens is 334 g/mol. The van der Waals surface area contributed by atoms with E-state index in [4.69, 9.17) is 9.84 Å². The summed E-state index contributed by atoms with van der Waals surface area (Å²) in [6.07, 6.45) is 0. The normalized spacial score (nSPS) is 10.8. The van der Waals surface area contributed by atoms with Gasteiger partial charge in [-0.05, 0) is 29.8 Å². The standard InChI is InChI=1S/C20H19NO3S/c1-13(2)19-21-18(12-25-19)15-6-4-8-17(10-15)24-11-14-5-3-7-16(9-14)20(22)23/h3-10,12-13H,11H2,1-2H3,(H,22,23).